The molecule has 0 radical (unpaired) electrons. The maximum atomic E-state index is 11.1. The molecule has 0 saturated carbocycles. The first kappa shape index (κ1) is 8.20. The SMILES string of the molecule is CC1NCCNC(=O)CC1=O. The van der Waals surface area contributed by atoms with Crippen LogP contribution in [0.1, 0.15) is 13.3 Å². The van der Waals surface area contributed by atoms with E-state index in [0.717, 1.165) is 0 Å². The van der Waals surface area contributed by atoms with Gasteiger partial charge in [0, 0.05) is 13.1 Å². The number of ketones is 1. The van der Waals surface area contributed by atoms with Gasteiger partial charge in [0.2, 0.25) is 5.91 Å². The molecular formula is C7H12N2O2. The highest BCUT2D eigenvalue weighted by Gasteiger charge is 2.17. The van der Waals surface area contributed by atoms with Gasteiger partial charge in [0.25, 0.3) is 0 Å². The molecule has 0 aliphatic carbocycles. The Morgan fingerprint density at radius 3 is 2.82 bits per heavy atom. The van der Waals surface area contributed by atoms with Gasteiger partial charge in [-0.05, 0) is 6.92 Å². The fourth-order valence-corrected chi connectivity index (χ4v) is 0.978. The average Bonchev–Trinajstić information content (AvgIpc) is 1.95. The third kappa shape index (κ3) is 2.31. The molecule has 1 rings (SSSR count). The molecule has 4 heteroatoms. The van der Waals surface area contributed by atoms with E-state index < -0.39 is 0 Å². The van der Waals surface area contributed by atoms with Crippen molar-refractivity contribution in [2.75, 3.05) is 13.1 Å². The standard InChI is InChI=1S/C7H12N2O2/c1-5-6(10)4-7(11)9-3-2-8-5/h5,8H,2-4H2,1H3,(H,9,11). The van der Waals surface area contributed by atoms with Gasteiger partial charge in [-0.15, -0.1) is 0 Å². The third-order valence-corrected chi connectivity index (χ3v) is 1.72. The molecule has 1 aliphatic rings. The molecule has 4 nitrogen and oxygen atoms in total. The second-order valence-electron chi connectivity index (χ2n) is 2.67. The number of hydrogen-bond donors (Lipinski definition) is 2. The zero-order chi connectivity index (χ0) is 8.27. The maximum Gasteiger partial charge on any atom is 0.227 e. The molecule has 2 N–H and O–H groups in total. The summed E-state index contributed by atoms with van der Waals surface area (Å²) in [5, 5.41) is 5.60. The molecule has 1 heterocycles. The Morgan fingerprint density at radius 1 is 1.36 bits per heavy atom. The van der Waals surface area contributed by atoms with Gasteiger partial charge in [0.15, 0.2) is 5.78 Å². The number of carbonyl (C=O) groups excluding carboxylic acids is 2. The van der Waals surface area contributed by atoms with Gasteiger partial charge < -0.3 is 10.6 Å². The van der Waals surface area contributed by atoms with Crippen LogP contribution < -0.4 is 10.6 Å². The topological polar surface area (TPSA) is 58.2 Å². The number of Topliss-reactive ketones (excluding diaryl/α,β-unsaturated/α-hetero) is 1. The summed E-state index contributed by atoms with van der Waals surface area (Å²) in [7, 11) is 0. The first-order chi connectivity index (χ1) is 5.20. The summed E-state index contributed by atoms with van der Waals surface area (Å²) in [6.07, 6.45) is 0.00810. The Bertz CT molecular complexity index is 179. The van der Waals surface area contributed by atoms with E-state index in [1.165, 1.54) is 0 Å². The molecule has 1 saturated heterocycles. The largest absolute Gasteiger partial charge is 0.354 e. The van der Waals surface area contributed by atoms with Gasteiger partial charge in [-0.1, -0.05) is 0 Å². The minimum absolute atomic E-state index is 0.00810. The highest BCUT2D eigenvalue weighted by atomic mass is 16.2. The molecular weight excluding hydrogens is 144 g/mol. The van der Waals surface area contributed by atoms with Crippen molar-refractivity contribution < 1.29 is 9.59 Å². The van der Waals surface area contributed by atoms with Crippen LogP contribution in [-0.4, -0.2) is 30.8 Å². The normalized spacial score (nSPS) is 27.2. The second kappa shape index (κ2) is 3.48. The van der Waals surface area contributed by atoms with Gasteiger partial charge in [-0.3, -0.25) is 9.59 Å². The molecule has 11 heavy (non-hydrogen) atoms. The average molecular weight is 156 g/mol. The summed E-state index contributed by atoms with van der Waals surface area (Å²) in [4.78, 5) is 21.9. The number of nitrogens with one attached hydrogen (secondary N) is 2. The predicted molar refractivity (Wildman–Crippen MR) is 40.1 cm³/mol. The summed E-state index contributed by atoms with van der Waals surface area (Å²) in [5.41, 5.74) is 0. The van der Waals surface area contributed by atoms with E-state index >= 15 is 0 Å². The fourth-order valence-electron chi connectivity index (χ4n) is 0.978. The van der Waals surface area contributed by atoms with Crippen LogP contribution in [0.15, 0.2) is 0 Å². The van der Waals surface area contributed by atoms with Crippen molar-refractivity contribution >= 4 is 11.7 Å². The number of rotatable bonds is 0. The number of amides is 1. The van der Waals surface area contributed by atoms with Crippen molar-refractivity contribution in [3.05, 3.63) is 0 Å². The van der Waals surface area contributed by atoms with E-state index in [1.807, 2.05) is 0 Å². The lowest BCUT2D eigenvalue weighted by molar-refractivity contribution is -0.129. The quantitative estimate of drug-likeness (QED) is 0.445. The Balaban J connectivity index is 2.51. The van der Waals surface area contributed by atoms with Crippen molar-refractivity contribution in [3.63, 3.8) is 0 Å². The molecule has 0 aromatic rings. The summed E-state index contributed by atoms with van der Waals surface area (Å²) < 4.78 is 0. The predicted octanol–water partition coefficient (Wildman–Crippen LogP) is -0.946. The van der Waals surface area contributed by atoms with Crippen LogP contribution in [0, 0.1) is 0 Å². The molecule has 0 bridgehead atoms. The van der Waals surface area contributed by atoms with Gasteiger partial charge in [0.1, 0.15) is 0 Å². The van der Waals surface area contributed by atoms with Gasteiger partial charge in [0.05, 0.1) is 12.5 Å². The van der Waals surface area contributed by atoms with Crippen molar-refractivity contribution in [2.45, 2.75) is 19.4 Å². The summed E-state index contributed by atoms with van der Waals surface area (Å²) in [5.74, 6) is -0.203. The Morgan fingerprint density at radius 2 is 2.09 bits per heavy atom. The van der Waals surface area contributed by atoms with Crippen molar-refractivity contribution in [1.82, 2.24) is 10.6 Å². The van der Waals surface area contributed by atoms with Crippen molar-refractivity contribution in [3.8, 4) is 0 Å². The van der Waals surface area contributed by atoms with E-state index in [9.17, 15) is 9.59 Å². The van der Waals surface area contributed by atoms with E-state index in [-0.39, 0.29) is 24.2 Å². The monoisotopic (exact) mass is 156 g/mol. The molecule has 62 valence electrons. The van der Waals surface area contributed by atoms with Gasteiger partial charge in [-0.2, -0.15) is 0 Å². The van der Waals surface area contributed by atoms with Crippen LogP contribution in [0.4, 0.5) is 0 Å². The minimum atomic E-state index is -0.180. The Hall–Kier alpha value is -0.900. The summed E-state index contributed by atoms with van der Waals surface area (Å²) in [6.45, 7) is 3.05. The molecule has 1 unspecified atom stereocenters. The number of carbonyl (C=O) groups is 2. The minimum Gasteiger partial charge on any atom is -0.354 e. The Kier molecular flexibility index (Phi) is 2.59. The lowest BCUT2D eigenvalue weighted by atomic mass is 10.1. The lowest BCUT2D eigenvalue weighted by Crippen LogP contribution is -2.44. The molecule has 0 spiro atoms. The van der Waals surface area contributed by atoms with Crippen LogP contribution in [-0.2, 0) is 9.59 Å². The first-order valence-corrected chi connectivity index (χ1v) is 3.73. The zero-order valence-electron chi connectivity index (χ0n) is 6.52. The molecule has 1 amide bonds. The molecule has 1 fully saturated rings. The van der Waals surface area contributed by atoms with Crippen LogP contribution in [0.25, 0.3) is 0 Å². The van der Waals surface area contributed by atoms with Crippen LogP contribution in [0.2, 0.25) is 0 Å². The first-order valence-electron chi connectivity index (χ1n) is 3.73. The van der Waals surface area contributed by atoms with Gasteiger partial charge in [-0.25, -0.2) is 0 Å². The highest BCUT2D eigenvalue weighted by Crippen LogP contribution is 1.93. The van der Waals surface area contributed by atoms with Gasteiger partial charge >= 0.3 is 0 Å². The van der Waals surface area contributed by atoms with Crippen molar-refractivity contribution in [2.24, 2.45) is 0 Å². The maximum absolute atomic E-state index is 11.1. The summed E-state index contributed by atoms with van der Waals surface area (Å²) >= 11 is 0. The van der Waals surface area contributed by atoms with E-state index in [2.05, 4.69) is 10.6 Å². The van der Waals surface area contributed by atoms with Crippen molar-refractivity contribution in [1.29, 1.82) is 0 Å². The highest BCUT2D eigenvalue weighted by molar-refractivity contribution is 6.00. The zero-order valence-corrected chi connectivity index (χ0v) is 6.52. The van der Waals surface area contributed by atoms with E-state index in [1.54, 1.807) is 6.92 Å². The summed E-state index contributed by atoms with van der Waals surface area (Å²) in [6, 6.07) is -0.180. The number of hydrogen-bond acceptors (Lipinski definition) is 3. The fraction of sp³-hybridized carbons (Fsp3) is 0.714. The van der Waals surface area contributed by atoms with E-state index in [0.29, 0.717) is 13.1 Å². The smallest absolute Gasteiger partial charge is 0.227 e. The molecule has 0 aromatic heterocycles. The third-order valence-electron chi connectivity index (χ3n) is 1.72. The second-order valence-corrected chi connectivity index (χ2v) is 2.67. The van der Waals surface area contributed by atoms with E-state index in [4.69, 9.17) is 0 Å². The van der Waals surface area contributed by atoms with Crippen LogP contribution >= 0.6 is 0 Å². The Labute approximate surface area is 65.3 Å². The molecule has 0 aromatic carbocycles. The molecule has 1 atom stereocenters. The molecule has 1 aliphatic heterocycles. The lowest BCUT2D eigenvalue weighted by Gasteiger charge is -2.16. The van der Waals surface area contributed by atoms with Crippen LogP contribution in [0.3, 0.4) is 0 Å². The van der Waals surface area contributed by atoms with Crippen LogP contribution in [0.5, 0.6) is 0 Å².